The Bertz CT molecular complexity index is 589. The average Bonchev–Trinajstić information content (AvgIpc) is 2.58. The maximum atomic E-state index is 14.3. The van der Waals surface area contributed by atoms with Gasteiger partial charge in [-0.15, -0.1) is 0 Å². The molecule has 1 aliphatic rings. The maximum Gasteiger partial charge on any atom is 0.494 e. The molecule has 3 nitrogen and oxygen atoms in total. The first-order valence-electron chi connectivity index (χ1n) is 7.07. The Morgan fingerprint density at radius 1 is 1.14 bits per heavy atom. The smallest absolute Gasteiger partial charge is 0.399 e. The first-order valence-corrected chi connectivity index (χ1v) is 7.07. The second-order valence-corrected chi connectivity index (χ2v) is 7.06. The van der Waals surface area contributed by atoms with Crippen molar-refractivity contribution in [2.24, 2.45) is 0 Å². The summed E-state index contributed by atoms with van der Waals surface area (Å²) in [6, 6.07) is 6.91. The molecule has 0 amide bonds. The summed E-state index contributed by atoms with van der Waals surface area (Å²) in [7, 11) is -0.594. The van der Waals surface area contributed by atoms with Gasteiger partial charge in [-0.3, -0.25) is 0 Å². The Morgan fingerprint density at radius 3 is 2.10 bits per heavy atom. The summed E-state index contributed by atoms with van der Waals surface area (Å²) >= 11 is 0. The molecule has 5 heteroatoms. The monoisotopic (exact) mass is 289 g/mol. The minimum Gasteiger partial charge on any atom is -0.399 e. The van der Waals surface area contributed by atoms with E-state index in [1.165, 1.54) is 6.07 Å². The lowest BCUT2D eigenvalue weighted by Gasteiger charge is -2.32. The average molecular weight is 289 g/mol. The normalized spacial score (nSPS) is 20.4. The van der Waals surface area contributed by atoms with E-state index in [4.69, 9.17) is 14.6 Å². The Morgan fingerprint density at radius 2 is 1.67 bits per heavy atom. The van der Waals surface area contributed by atoms with Crippen LogP contribution in [0.3, 0.4) is 0 Å². The molecule has 0 aliphatic carbocycles. The van der Waals surface area contributed by atoms with Gasteiger partial charge in [0.25, 0.3) is 0 Å². The van der Waals surface area contributed by atoms with Gasteiger partial charge in [-0.25, -0.2) is 4.39 Å². The van der Waals surface area contributed by atoms with Gasteiger partial charge in [-0.1, -0.05) is 12.1 Å². The molecule has 0 radical (unpaired) electrons. The lowest BCUT2D eigenvalue weighted by atomic mass is 9.76. The fraction of sp³-hybridized carbons (Fsp3) is 0.562. The number of rotatable bonds is 2. The second-order valence-electron chi connectivity index (χ2n) is 7.06. The van der Waals surface area contributed by atoms with Crippen LogP contribution in [0.2, 0.25) is 0 Å². The Hall–Kier alpha value is -1.38. The SMILES string of the molecule is CC(C)(C#N)c1ccc(B2OC(C)(C)C(C)(C)O2)cc1F. The standard InChI is InChI=1S/C16H21BFNO2/c1-14(2,10-19)12-8-7-11(9-13(12)18)17-20-15(3,4)16(5,6)21-17/h7-9H,1-6H3. The van der Waals surface area contributed by atoms with Crippen molar-refractivity contribution < 1.29 is 13.7 Å². The molecule has 0 atom stereocenters. The number of nitriles is 1. The van der Waals surface area contributed by atoms with E-state index in [1.807, 2.05) is 27.7 Å². The Labute approximate surface area is 126 Å². The molecule has 1 aromatic carbocycles. The number of hydrogen-bond acceptors (Lipinski definition) is 3. The summed E-state index contributed by atoms with van der Waals surface area (Å²) in [4.78, 5) is 0. The van der Waals surface area contributed by atoms with Gasteiger partial charge in [0.05, 0.1) is 22.7 Å². The highest BCUT2D eigenvalue weighted by molar-refractivity contribution is 6.62. The van der Waals surface area contributed by atoms with E-state index < -0.39 is 29.6 Å². The van der Waals surface area contributed by atoms with Gasteiger partial charge in [0, 0.05) is 5.56 Å². The van der Waals surface area contributed by atoms with Crippen LogP contribution in [-0.4, -0.2) is 18.3 Å². The first kappa shape index (κ1) is 16.0. The summed E-state index contributed by atoms with van der Waals surface area (Å²) in [5.74, 6) is -0.409. The van der Waals surface area contributed by atoms with Crippen LogP contribution in [0.4, 0.5) is 4.39 Å². The highest BCUT2D eigenvalue weighted by Gasteiger charge is 2.51. The Kier molecular flexibility index (Phi) is 3.68. The fourth-order valence-corrected chi connectivity index (χ4v) is 2.22. The third kappa shape index (κ3) is 2.70. The molecule has 0 N–H and O–H groups in total. The van der Waals surface area contributed by atoms with Gasteiger partial charge in [0.15, 0.2) is 0 Å². The summed E-state index contributed by atoms with van der Waals surface area (Å²) in [5.41, 5.74) is -0.773. The van der Waals surface area contributed by atoms with E-state index in [-0.39, 0.29) is 0 Å². The van der Waals surface area contributed by atoms with E-state index in [0.29, 0.717) is 11.0 Å². The van der Waals surface area contributed by atoms with Gasteiger partial charge in [0.2, 0.25) is 0 Å². The minimum absolute atomic E-state index is 0.380. The van der Waals surface area contributed by atoms with Crippen molar-refractivity contribution in [1.82, 2.24) is 0 Å². The third-order valence-electron chi connectivity index (χ3n) is 4.47. The molecule has 0 unspecified atom stereocenters. The fourth-order valence-electron chi connectivity index (χ4n) is 2.22. The number of hydrogen-bond donors (Lipinski definition) is 0. The molecule has 2 rings (SSSR count). The molecule has 1 heterocycles. The van der Waals surface area contributed by atoms with Crippen molar-refractivity contribution in [2.75, 3.05) is 0 Å². The van der Waals surface area contributed by atoms with Crippen LogP contribution in [0, 0.1) is 17.1 Å². The molecule has 0 spiro atoms. The number of halogens is 1. The van der Waals surface area contributed by atoms with Crippen molar-refractivity contribution in [1.29, 1.82) is 5.26 Å². The summed E-state index contributed by atoms with van der Waals surface area (Å²) in [5, 5.41) is 9.12. The van der Waals surface area contributed by atoms with Gasteiger partial charge >= 0.3 is 7.12 Å². The summed E-state index contributed by atoms with van der Waals surface area (Å²) in [6.45, 7) is 11.2. The van der Waals surface area contributed by atoms with Crippen LogP contribution >= 0.6 is 0 Å². The van der Waals surface area contributed by atoms with Crippen LogP contribution in [0.25, 0.3) is 0 Å². The zero-order valence-electron chi connectivity index (χ0n) is 13.5. The summed E-state index contributed by atoms with van der Waals surface area (Å²) in [6.07, 6.45) is 0. The molecule has 1 aromatic rings. The zero-order chi connectivity index (χ0) is 16.1. The molecule has 1 aliphatic heterocycles. The zero-order valence-corrected chi connectivity index (χ0v) is 13.5. The van der Waals surface area contributed by atoms with E-state index in [0.717, 1.165) is 0 Å². The first-order chi connectivity index (χ1) is 9.50. The van der Waals surface area contributed by atoms with Crippen LogP contribution in [-0.2, 0) is 14.7 Å². The van der Waals surface area contributed by atoms with Crippen molar-refractivity contribution in [3.8, 4) is 6.07 Å². The molecule has 1 saturated heterocycles. The number of benzene rings is 1. The van der Waals surface area contributed by atoms with Gasteiger partial charge in [0.1, 0.15) is 5.82 Å². The lowest BCUT2D eigenvalue weighted by Crippen LogP contribution is -2.41. The quantitative estimate of drug-likeness (QED) is 0.786. The van der Waals surface area contributed by atoms with Crippen molar-refractivity contribution in [3.63, 3.8) is 0 Å². The predicted octanol–water partition coefficient (Wildman–Crippen LogP) is 2.93. The van der Waals surface area contributed by atoms with Gasteiger partial charge < -0.3 is 9.31 Å². The van der Waals surface area contributed by atoms with Crippen molar-refractivity contribution >= 4 is 12.6 Å². The van der Waals surface area contributed by atoms with E-state index in [9.17, 15) is 4.39 Å². The molecule has 21 heavy (non-hydrogen) atoms. The molecule has 112 valence electrons. The molecule has 0 saturated carbocycles. The van der Waals surface area contributed by atoms with E-state index in [1.54, 1.807) is 26.0 Å². The molecule has 1 fully saturated rings. The third-order valence-corrected chi connectivity index (χ3v) is 4.47. The highest BCUT2D eigenvalue weighted by Crippen LogP contribution is 2.36. The molecule has 0 bridgehead atoms. The second kappa shape index (κ2) is 4.83. The minimum atomic E-state index is -0.863. The summed E-state index contributed by atoms with van der Waals surface area (Å²) < 4.78 is 26.1. The molecular weight excluding hydrogens is 268 g/mol. The van der Waals surface area contributed by atoms with Crippen LogP contribution < -0.4 is 5.46 Å². The van der Waals surface area contributed by atoms with Crippen molar-refractivity contribution in [3.05, 3.63) is 29.6 Å². The predicted molar refractivity (Wildman–Crippen MR) is 80.8 cm³/mol. The van der Waals surface area contributed by atoms with Crippen LogP contribution in [0.15, 0.2) is 18.2 Å². The largest absolute Gasteiger partial charge is 0.494 e. The molecular formula is C16H21BFNO2. The lowest BCUT2D eigenvalue weighted by molar-refractivity contribution is 0.00578. The Balaban J connectivity index is 2.34. The van der Waals surface area contributed by atoms with E-state index >= 15 is 0 Å². The van der Waals surface area contributed by atoms with E-state index in [2.05, 4.69) is 6.07 Å². The highest BCUT2D eigenvalue weighted by atomic mass is 19.1. The topological polar surface area (TPSA) is 42.2 Å². The molecule has 0 aromatic heterocycles. The van der Waals surface area contributed by atoms with Gasteiger partial charge in [-0.2, -0.15) is 5.26 Å². The van der Waals surface area contributed by atoms with Crippen LogP contribution in [0.5, 0.6) is 0 Å². The number of nitrogens with zero attached hydrogens (tertiary/aromatic N) is 1. The van der Waals surface area contributed by atoms with Crippen molar-refractivity contribution in [2.45, 2.75) is 58.2 Å². The maximum absolute atomic E-state index is 14.3. The van der Waals surface area contributed by atoms with Gasteiger partial charge in [-0.05, 0) is 53.1 Å². The van der Waals surface area contributed by atoms with Crippen LogP contribution in [0.1, 0.15) is 47.1 Å².